The average Bonchev–Trinajstić information content (AvgIpc) is 2.76. The molecule has 32 heavy (non-hydrogen) atoms. The molecule has 0 saturated carbocycles. The van der Waals surface area contributed by atoms with Crippen molar-refractivity contribution in [1.82, 2.24) is 0 Å². The lowest BCUT2D eigenvalue weighted by molar-refractivity contribution is 0.332. The van der Waals surface area contributed by atoms with Crippen LogP contribution in [0.3, 0.4) is 0 Å². The van der Waals surface area contributed by atoms with Gasteiger partial charge in [0.05, 0.1) is 36.6 Å². The maximum absolute atomic E-state index is 14.5. The summed E-state index contributed by atoms with van der Waals surface area (Å²) in [5, 5.41) is 36.6. The van der Waals surface area contributed by atoms with Gasteiger partial charge in [0.25, 0.3) is 0 Å². The molecule has 0 heterocycles. The van der Waals surface area contributed by atoms with Crippen LogP contribution < -0.4 is 0 Å². The molecule has 0 N–H and O–H groups in total. The quantitative estimate of drug-likeness (QED) is 0.322. The van der Waals surface area contributed by atoms with E-state index >= 15 is 0 Å². The van der Waals surface area contributed by atoms with Crippen LogP contribution in [-0.4, -0.2) is 29.8 Å². The van der Waals surface area contributed by atoms with Crippen LogP contribution in [0.5, 0.6) is 0 Å². The molecule has 0 radical (unpaired) electrons. The molecule has 1 aliphatic carbocycles. The SMILES string of the molecule is CC1=C(C)C(C)(P(=O)(CCC#N)CCC#N)C(C)(C)C(C)=C1P(=O)(CCC#N)CCC#N. The standard InChI is InChI=1S/C24H34N4O2P2/c1-19-20(2)24(6,32(30,17-9-13-27)18-10-14-28)23(4,5)21(3)22(19)31(29,15-7-11-25)16-8-12-26/h7-10,15-18H2,1-6H3. The molecule has 0 aromatic rings. The minimum Gasteiger partial charge on any atom is -0.323 e. The van der Waals surface area contributed by atoms with Gasteiger partial charge in [-0.2, -0.15) is 21.0 Å². The third-order valence-electron chi connectivity index (χ3n) is 7.72. The fraction of sp³-hybridized carbons (Fsp3) is 0.667. The van der Waals surface area contributed by atoms with Crippen molar-refractivity contribution in [2.24, 2.45) is 5.41 Å². The van der Waals surface area contributed by atoms with E-state index in [-0.39, 0.29) is 50.3 Å². The zero-order chi connectivity index (χ0) is 24.8. The Morgan fingerprint density at radius 1 is 0.688 bits per heavy atom. The maximum atomic E-state index is 14.5. The zero-order valence-electron chi connectivity index (χ0n) is 20.2. The Kier molecular flexibility index (Phi) is 9.32. The number of hydrogen-bond acceptors (Lipinski definition) is 6. The van der Waals surface area contributed by atoms with E-state index in [0.717, 1.165) is 22.0 Å². The second-order valence-corrected chi connectivity index (χ2v) is 15.9. The summed E-state index contributed by atoms with van der Waals surface area (Å²) in [5.74, 6) is 0. The van der Waals surface area contributed by atoms with Crippen molar-refractivity contribution in [3.63, 3.8) is 0 Å². The molecule has 0 aromatic carbocycles. The van der Waals surface area contributed by atoms with Gasteiger partial charge in [0.15, 0.2) is 0 Å². The molecule has 1 rings (SSSR count). The Bertz CT molecular complexity index is 1030. The number of nitriles is 4. The van der Waals surface area contributed by atoms with Crippen molar-refractivity contribution in [2.45, 2.75) is 72.4 Å². The summed E-state index contributed by atoms with van der Waals surface area (Å²) < 4.78 is 28.7. The van der Waals surface area contributed by atoms with Crippen LogP contribution in [0.25, 0.3) is 0 Å². The van der Waals surface area contributed by atoms with Crippen LogP contribution in [-0.2, 0) is 9.13 Å². The van der Waals surface area contributed by atoms with Gasteiger partial charge in [0.2, 0.25) is 0 Å². The van der Waals surface area contributed by atoms with Crippen molar-refractivity contribution >= 4 is 14.3 Å². The van der Waals surface area contributed by atoms with Gasteiger partial charge in [-0.1, -0.05) is 25.0 Å². The van der Waals surface area contributed by atoms with Crippen molar-refractivity contribution in [2.75, 3.05) is 24.6 Å². The lowest BCUT2D eigenvalue weighted by Gasteiger charge is -2.55. The van der Waals surface area contributed by atoms with Gasteiger partial charge < -0.3 is 9.13 Å². The highest BCUT2D eigenvalue weighted by Gasteiger charge is 2.58. The van der Waals surface area contributed by atoms with E-state index in [0.29, 0.717) is 0 Å². The molecular weight excluding hydrogens is 438 g/mol. The van der Waals surface area contributed by atoms with Gasteiger partial charge in [0, 0.05) is 61.1 Å². The summed E-state index contributed by atoms with van der Waals surface area (Å²) in [6.07, 6.45) is 1.50. The predicted molar refractivity (Wildman–Crippen MR) is 129 cm³/mol. The molecule has 172 valence electrons. The van der Waals surface area contributed by atoms with Crippen LogP contribution >= 0.6 is 14.3 Å². The lowest BCUT2D eigenvalue weighted by atomic mass is 9.66. The molecule has 1 unspecified atom stereocenters. The first-order chi connectivity index (χ1) is 14.8. The zero-order valence-corrected chi connectivity index (χ0v) is 21.9. The monoisotopic (exact) mass is 472 g/mol. The highest BCUT2D eigenvalue weighted by Crippen LogP contribution is 2.74. The van der Waals surface area contributed by atoms with E-state index in [1.54, 1.807) is 0 Å². The van der Waals surface area contributed by atoms with Crippen LogP contribution in [0.15, 0.2) is 22.0 Å². The predicted octanol–water partition coefficient (Wildman–Crippen LogP) is 6.78. The van der Waals surface area contributed by atoms with E-state index in [9.17, 15) is 19.7 Å². The van der Waals surface area contributed by atoms with Crippen molar-refractivity contribution in [3.05, 3.63) is 22.0 Å². The number of rotatable bonds is 10. The minimum atomic E-state index is -3.04. The minimum absolute atomic E-state index is 0.145. The Morgan fingerprint density at radius 3 is 1.44 bits per heavy atom. The summed E-state index contributed by atoms with van der Waals surface area (Å²) in [6.45, 7) is 11.7. The molecule has 1 atom stereocenters. The summed E-state index contributed by atoms with van der Waals surface area (Å²) in [7, 11) is -6.07. The maximum Gasteiger partial charge on any atom is 0.117 e. The van der Waals surface area contributed by atoms with E-state index in [2.05, 4.69) is 24.3 Å². The molecule has 0 aromatic heterocycles. The first kappa shape index (κ1) is 27.9. The highest BCUT2D eigenvalue weighted by atomic mass is 31.2. The molecule has 8 heteroatoms. The van der Waals surface area contributed by atoms with Crippen LogP contribution in [0.2, 0.25) is 0 Å². The fourth-order valence-corrected chi connectivity index (χ4v) is 12.5. The third kappa shape index (κ3) is 4.65. The van der Waals surface area contributed by atoms with E-state index in [4.69, 9.17) is 10.5 Å². The Morgan fingerprint density at radius 2 is 1.06 bits per heavy atom. The summed E-state index contributed by atoms with van der Waals surface area (Å²) in [4.78, 5) is 0. The topological polar surface area (TPSA) is 129 Å². The second-order valence-electron chi connectivity index (χ2n) is 9.23. The molecule has 0 amide bonds. The normalized spacial score (nSPS) is 20.8. The van der Waals surface area contributed by atoms with Crippen LogP contribution in [0, 0.1) is 50.7 Å². The first-order valence-electron chi connectivity index (χ1n) is 10.9. The number of hydrogen-bond donors (Lipinski definition) is 0. The summed E-state index contributed by atoms with van der Waals surface area (Å²) in [6, 6.07) is 8.40. The highest BCUT2D eigenvalue weighted by molar-refractivity contribution is 7.68. The van der Waals surface area contributed by atoms with Gasteiger partial charge in [-0.05, 0) is 33.3 Å². The second kappa shape index (κ2) is 10.7. The first-order valence-corrected chi connectivity index (χ1v) is 15.0. The van der Waals surface area contributed by atoms with Crippen molar-refractivity contribution < 1.29 is 9.13 Å². The number of allylic oxidation sites excluding steroid dienone is 4. The largest absolute Gasteiger partial charge is 0.323 e. The Labute approximate surface area is 193 Å². The van der Waals surface area contributed by atoms with Crippen LogP contribution in [0.1, 0.15) is 67.2 Å². The molecule has 0 bridgehead atoms. The van der Waals surface area contributed by atoms with E-state index in [1.165, 1.54) is 0 Å². The smallest absolute Gasteiger partial charge is 0.117 e. The Hall–Kier alpha value is -2.10. The van der Waals surface area contributed by atoms with Gasteiger partial charge in [-0.25, -0.2) is 0 Å². The molecule has 0 spiro atoms. The molecular formula is C24H34N4O2P2. The van der Waals surface area contributed by atoms with E-state index in [1.807, 2.05) is 41.5 Å². The van der Waals surface area contributed by atoms with Gasteiger partial charge >= 0.3 is 0 Å². The summed E-state index contributed by atoms with van der Waals surface area (Å²) >= 11 is 0. The number of nitrogens with zero attached hydrogens (tertiary/aromatic N) is 4. The molecule has 6 nitrogen and oxygen atoms in total. The Balaban J connectivity index is 3.88. The van der Waals surface area contributed by atoms with Crippen LogP contribution in [0.4, 0.5) is 0 Å². The third-order valence-corrected chi connectivity index (χ3v) is 15.5. The van der Waals surface area contributed by atoms with Gasteiger partial charge in [0.1, 0.15) is 7.14 Å². The van der Waals surface area contributed by atoms with Gasteiger partial charge in [-0.15, -0.1) is 0 Å². The summed E-state index contributed by atoms with van der Waals surface area (Å²) in [5.41, 5.74) is 1.91. The average molecular weight is 473 g/mol. The molecule has 0 saturated heterocycles. The fourth-order valence-electron chi connectivity index (χ4n) is 5.20. The van der Waals surface area contributed by atoms with Gasteiger partial charge in [-0.3, -0.25) is 0 Å². The van der Waals surface area contributed by atoms with Crippen molar-refractivity contribution in [3.8, 4) is 24.3 Å². The lowest BCUT2D eigenvalue weighted by Crippen LogP contribution is -2.48. The van der Waals surface area contributed by atoms with E-state index < -0.39 is 24.9 Å². The molecule has 1 aliphatic rings. The molecule has 0 aliphatic heterocycles. The molecule has 0 fully saturated rings. The van der Waals surface area contributed by atoms with Crippen molar-refractivity contribution in [1.29, 1.82) is 21.0 Å².